The maximum atomic E-state index is 12.4. The number of hydrogen-bond acceptors (Lipinski definition) is 3. The second-order valence-corrected chi connectivity index (χ2v) is 5.27. The summed E-state index contributed by atoms with van der Waals surface area (Å²) in [6.45, 7) is 0. The van der Waals surface area contributed by atoms with E-state index >= 15 is 0 Å². The predicted molar refractivity (Wildman–Crippen MR) is 82.5 cm³/mol. The number of carbonyl (C=O) groups excluding carboxylic acids is 1. The Morgan fingerprint density at radius 1 is 1.14 bits per heavy atom. The van der Waals surface area contributed by atoms with Crippen LogP contribution >= 0.6 is 0 Å². The van der Waals surface area contributed by atoms with Crippen LogP contribution < -0.4 is 15.8 Å². The third-order valence-corrected chi connectivity index (χ3v) is 3.92. The van der Waals surface area contributed by atoms with Gasteiger partial charge in [0.1, 0.15) is 5.75 Å². The number of rotatable bonds is 3. The van der Waals surface area contributed by atoms with Crippen LogP contribution in [0.3, 0.4) is 0 Å². The van der Waals surface area contributed by atoms with Crippen molar-refractivity contribution in [1.82, 2.24) is 5.32 Å². The maximum absolute atomic E-state index is 12.4. The molecule has 0 aliphatic heterocycles. The van der Waals surface area contributed by atoms with Crippen molar-refractivity contribution in [2.24, 2.45) is 0 Å². The molecule has 0 atom stereocenters. The van der Waals surface area contributed by atoms with Crippen LogP contribution in [0.5, 0.6) is 5.75 Å². The molecular weight excluding hydrogens is 264 g/mol. The Bertz CT molecular complexity index is 657. The van der Waals surface area contributed by atoms with Crippen LogP contribution in [0, 0.1) is 0 Å². The second kappa shape index (κ2) is 5.48. The van der Waals surface area contributed by atoms with Crippen molar-refractivity contribution >= 4 is 11.6 Å². The van der Waals surface area contributed by atoms with Crippen LogP contribution in [-0.2, 0) is 12.8 Å². The lowest BCUT2D eigenvalue weighted by Gasteiger charge is -2.14. The van der Waals surface area contributed by atoms with Gasteiger partial charge in [-0.3, -0.25) is 4.79 Å². The predicted octanol–water partition coefficient (Wildman–Crippen LogP) is 2.17. The van der Waals surface area contributed by atoms with E-state index in [2.05, 4.69) is 17.4 Å². The number of amides is 1. The summed E-state index contributed by atoms with van der Waals surface area (Å²) in [4.78, 5) is 12.4. The van der Waals surface area contributed by atoms with E-state index in [-0.39, 0.29) is 11.9 Å². The van der Waals surface area contributed by atoms with Crippen molar-refractivity contribution in [1.29, 1.82) is 0 Å². The lowest BCUT2D eigenvalue weighted by atomic mass is 10.1. The summed E-state index contributed by atoms with van der Waals surface area (Å²) < 4.78 is 5.15. The smallest absolute Gasteiger partial charge is 0.253 e. The van der Waals surface area contributed by atoms with E-state index in [9.17, 15) is 4.79 Å². The molecule has 2 aromatic carbocycles. The fourth-order valence-corrected chi connectivity index (χ4v) is 2.84. The standard InChI is InChI=1S/C17H18N2O2/c1-21-15-8-4-7-14(16(15)18)17(20)19-13-9-11-5-2-3-6-12(11)10-13/h2-8,13H,9-10,18H2,1H3,(H,19,20). The number of carbonyl (C=O) groups is 1. The number of ether oxygens (including phenoxy) is 1. The normalized spacial score (nSPS) is 13.8. The third kappa shape index (κ3) is 2.57. The van der Waals surface area contributed by atoms with Gasteiger partial charge >= 0.3 is 0 Å². The zero-order valence-corrected chi connectivity index (χ0v) is 11.9. The summed E-state index contributed by atoms with van der Waals surface area (Å²) in [5.74, 6) is 0.376. The van der Waals surface area contributed by atoms with Crippen LogP contribution in [-0.4, -0.2) is 19.1 Å². The summed E-state index contributed by atoms with van der Waals surface area (Å²) >= 11 is 0. The molecule has 4 heteroatoms. The Labute approximate surface area is 123 Å². The molecule has 0 aromatic heterocycles. The van der Waals surface area contributed by atoms with Gasteiger partial charge in [0.2, 0.25) is 0 Å². The highest BCUT2D eigenvalue weighted by Gasteiger charge is 2.23. The average Bonchev–Trinajstić information content (AvgIpc) is 2.89. The molecule has 2 aromatic rings. The van der Waals surface area contributed by atoms with Gasteiger partial charge in [0, 0.05) is 6.04 Å². The molecule has 0 radical (unpaired) electrons. The molecule has 0 bridgehead atoms. The average molecular weight is 282 g/mol. The molecule has 1 aliphatic carbocycles. The largest absolute Gasteiger partial charge is 0.495 e. The Hall–Kier alpha value is -2.49. The number of fused-ring (bicyclic) bond motifs is 1. The zero-order valence-electron chi connectivity index (χ0n) is 11.9. The Morgan fingerprint density at radius 3 is 2.43 bits per heavy atom. The van der Waals surface area contributed by atoms with Crippen molar-refractivity contribution in [3.8, 4) is 5.75 Å². The minimum Gasteiger partial charge on any atom is -0.495 e. The molecule has 3 N–H and O–H groups in total. The number of para-hydroxylation sites is 1. The molecule has 0 saturated carbocycles. The second-order valence-electron chi connectivity index (χ2n) is 5.27. The number of benzene rings is 2. The van der Waals surface area contributed by atoms with E-state index < -0.39 is 0 Å². The van der Waals surface area contributed by atoms with E-state index in [1.165, 1.54) is 11.1 Å². The highest BCUT2D eigenvalue weighted by Crippen LogP contribution is 2.26. The van der Waals surface area contributed by atoms with Gasteiger partial charge in [-0.1, -0.05) is 30.3 Å². The molecule has 21 heavy (non-hydrogen) atoms. The van der Waals surface area contributed by atoms with Gasteiger partial charge in [0.05, 0.1) is 18.4 Å². The Balaban J connectivity index is 1.74. The highest BCUT2D eigenvalue weighted by atomic mass is 16.5. The third-order valence-electron chi connectivity index (χ3n) is 3.92. The van der Waals surface area contributed by atoms with Gasteiger partial charge < -0.3 is 15.8 Å². The van der Waals surface area contributed by atoms with Crippen LogP contribution in [0.1, 0.15) is 21.5 Å². The van der Waals surface area contributed by atoms with E-state index in [1.807, 2.05) is 12.1 Å². The molecule has 0 spiro atoms. The van der Waals surface area contributed by atoms with Gasteiger partial charge in [0.15, 0.2) is 0 Å². The molecule has 1 aliphatic rings. The van der Waals surface area contributed by atoms with Crippen molar-refractivity contribution in [2.75, 3.05) is 12.8 Å². The molecule has 0 saturated heterocycles. The minimum absolute atomic E-state index is 0.125. The van der Waals surface area contributed by atoms with Crippen LogP contribution in [0.2, 0.25) is 0 Å². The first-order valence-electron chi connectivity index (χ1n) is 6.99. The zero-order chi connectivity index (χ0) is 14.8. The number of hydrogen-bond donors (Lipinski definition) is 2. The van der Waals surface area contributed by atoms with E-state index in [0.717, 1.165) is 12.8 Å². The first-order valence-corrected chi connectivity index (χ1v) is 6.99. The number of nitrogen functional groups attached to an aromatic ring is 1. The fourth-order valence-electron chi connectivity index (χ4n) is 2.84. The van der Waals surface area contributed by atoms with Gasteiger partial charge in [0.25, 0.3) is 5.91 Å². The molecule has 0 heterocycles. The number of nitrogens with one attached hydrogen (secondary N) is 1. The van der Waals surface area contributed by atoms with Crippen LogP contribution in [0.25, 0.3) is 0 Å². The van der Waals surface area contributed by atoms with Gasteiger partial charge in [-0.15, -0.1) is 0 Å². The summed E-state index contributed by atoms with van der Waals surface area (Å²) in [6.07, 6.45) is 1.73. The topological polar surface area (TPSA) is 64.3 Å². The van der Waals surface area contributed by atoms with Gasteiger partial charge in [-0.05, 0) is 36.1 Å². The molecule has 108 valence electrons. The van der Waals surface area contributed by atoms with Crippen LogP contribution in [0.15, 0.2) is 42.5 Å². The van der Waals surface area contributed by atoms with E-state index in [1.54, 1.807) is 25.3 Å². The van der Waals surface area contributed by atoms with Crippen molar-refractivity contribution in [3.63, 3.8) is 0 Å². The fraction of sp³-hybridized carbons (Fsp3) is 0.235. The molecule has 3 rings (SSSR count). The number of nitrogens with two attached hydrogens (primary N) is 1. The molecule has 0 unspecified atom stereocenters. The van der Waals surface area contributed by atoms with Crippen LogP contribution in [0.4, 0.5) is 5.69 Å². The summed E-state index contributed by atoms with van der Waals surface area (Å²) in [6, 6.07) is 13.6. The first-order chi connectivity index (χ1) is 10.2. The van der Waals surface area contributed by atoms with Gasteiger partial charge in [-0.2, -0.15) is 0 Å². The Morgan fingerprint density at radius 2 is 1.81 bits per heavy atom. The van der Waals surface area contributed by atoms with E-state index in [4.69, 9.17) is 10.5 Å². The lowest BCUT2D eigenvalue weighted by molar-refractivity contribution is 0.0939. The molecule has 1 amide bonds. The lowest BCUT2D eigenvalue weighted by Crippen LogP contribution is -2.35. The monoisotopic (exact) mass is 282 g/mol. The molecule has 0 fully saturated rings. The molecule has 4 nitrogen and oxygen atoms in total. The number of anilines is 1. The SMILES string of the molecule is COc1cccc(C(=O)NC2Cc3ccccc3C2)c1N. The minimum atomic E-state index is -0.149. The summed E-state index contributed by atoms with van der Waals surface area (Å²) in [5, 5.41) is 3.06. The first kappa shape index (κ1) is 13.5. The van der Waals surface area contributed by atoms with Crippen molar-refractivity contribution in [2.45, 2.75) is 18.9 Å². The maximum Gasteiger partial charge on any atom is 0.253 e. The van der Waals surface area contributed by atoms with Crippen molar-refractivity contribution in [3.05, 3.63) is 59.2 Å². The van der Waals surface area contributed by atoms with E-state index in [0.29, 0.717) is 17.0 Å². The Kier molecular flexibility index (Phi) is 3.52. The van der Waals surface area contributed by atoms with Gasteiger partial charge in [-0.25, -0.2) is 0 Å². The molecular formula is C17H18N2O2. The summed E-state index contributed by atoms with van der Waals surface area (Å²) in [7, 11) is 1.54. The quantitative estimate of drug-likeness (QED) is 0.848. The van der Waals surface area contributed by atoms with Crippen molar-refractivity contribution < 1.29 is 9.53 Å². The summed E-state index contributed by atoms with van der Waals surface area (Å²) in [5.41, 5.74) is 9.43. The highest BCUT2D eigenvalue weighted by molar-refractivity contribution is 6.00. The number of methoxy groups -OCH3 is 1.